The molecule has 1 saturated heterocycles. The molecule has 0 aromatic carbocycles. The summed E-state index contributed by atoms with van der Waals surface area (Å²) in [6.45, 7) is 3.06. The van der Waals surface area contributed by atoms with E-state index in [2.05, 4.69) is 15.6 Å². The molecule has 0 aromatic rings. The summed E-state index contributed by atoms with van der Waals surface area (Å²) in [5.74, 6) is 1.02. The zero-order chi connectivity index (χ0) is 15.3. The summed E-state index contributed by atoms with van der Waals surface area (Å²) in [5, 5.41) is 16.8. The molecule has 0 bridgehead atoms. The first-order valence-corrected chi connectivity index (χ1v) is 9.72. The Kier molecular flexibility index (Phi) is 7.87. The topological polar surface area (TPSA) is 90.8 Å². The van der Waals surface area contributed by atoms with Crippen molar-refractivity contribution in [2.24, 2.45) is 4.99 Å². The number of halogens is 1. The van der Waals surface area contributed by atoms with Crippen LogP contribution in [0.4, 0.5) is 0 Å². The van der Waals surface area contributed by atoms with E-state index in [0.717, 1.165) is 25.7 Å². The Labute approximate surface area is 150 Å². The number of nitrogens with one attached hydrogen (secondary N) is 2. The van der Waals surface area contributed by atoms with E-state index in [-0.39, 0.29) is 41.5 Å². The first-order valence-electron chi connectivity index (χ1n) is 7.90. The van der Waals surface area contributed by atoms with E-state index in [1.165, 1.54) is 6.42 Å². The molecule has 6 nitrogen and oxygen atoms in total. The van der Waals surface area contributed by atoms with Crippen molar-refractivity contribution in [2.45, 2.75) is 57.1 Å². The minimum Gasteiger partial charge on any atom is -0.388 e. The minimum absolute atomic E-state index is 0. The van der Waals surface area contributed by atoms with Gasteiger partial charge in [-0.3, -0.25) is 4.99 Å². The molecule has 1 aliphatic carbocycles. The molecule has 0 spiro atoms. The monoisotopic (exact) mass is 445 g/mol. The Balaban J connectivity index is 0.00000242. The molecule has 0 aromatic heterocycles. The quantitative estimate of drug-likeness (QED) is 0.342. The van der Waals surface area contributed by atoms with E-state index < -0.39 is 15.4 Å². The number of rotatable bonds is 4. The molecular formula is C14H28IN3O3S. The molecule has 1 saturated carbocycles. The Hall–Kier alpha value is -0.0900. The van der Waals surface area contributed by atoms with Gasteiger partial charge in [0.05, 0.1) is 23.7 Å². The summed E-state index contributed by atoms with van der Waals surface area (Å²) in [4.78, 5) is 4.47. The number of hydrogen-bond donors (Lipinski definition) is 3. The predicted octanol–water partition coefficient (Wildman–Crippen LogP) is 1.04. The molecule has 1 atom stereocenters. The third-order valence-corrected chi connectivity index (χ3v) is 6.00. The molecule has 0 amide bonds. The maximum Gasteiger partial charge on any atom is 0.191 e. The second-order valence-corrected chi connectivity index (χ2v) is 8.45. The fourth-order valence-corrected chi connectivity index (χ4v) is 4.69. The Morgan fingerprint density at radius 1 is 1.32 bits per heavy atom. The molecule has 1 aliphatic heterocycles. The third-order valence-electron chi connectivity index (χ3n) is 4.23. The lowest BCUT2D eigenvalue weighted by Crippen LogP contribution is -2.45. The first-order chi connectivity index (χ1) is 9.92. The van der Waals surface area contributed by atoms with Crippen LogP contribution in [0.1, 0.15) is 45.4 Å². The highest BCUT2D eigenvalue weighted by atomic mass is 127. The van der Waals surface area contributed by atoms with Gasteiger partial charge in [-0.15, -0.1) is 24.0 Å². The van der Waals surface area contributed by atoms with Gasteiger partial charge in [0.25, 0.3) is 0 Å². The van der Waals surface area contributed by atoms with Gasteiger partial charge >= 0.3 is 0 Å². The van der Waals surface area contributed by atoms with Gasteiger partial charge in [-0.2, -0.15) is 0 Å². The zero-order valence-electron chi connectivity index (χ0n) is 13.2. The minimum atomic E-state index is -2.90. The highest BCUT2D eigenvalue weighted by molar-refractivity contribution is 14.0. The van der Waals surface area contributed by atoms with Gasteiger partial charge in [0.1, 0.15) is 0 Å². The van der Waals surface area contributed by atoms with Crippen LogP contribution < -0.4 is 10.6 Å². The fraction of sp³-hybridized carbons (Fsp3) is 0.929. The van der Waals surface area contributed by atoms with Crippen molar-refractivity contribution in [3.05, 3.63) is 0 Å². The average molecular weight is 445 g/mol. The second kappa shape index (κ2) is 8.68. The number of hydrogen-bond acceptors (Lipinski definition) is 4. The summed E-state index contributed by atoms with van der Waals surface area (Å²) in [5.41, 5.74) is -0.692. The lowest BCUT2D eigenvalue weighted by atomic mass is 9.85. The average Bonchev–Trinajstić information content (AvgIpc) is 2.77. The van der Waals surface area contributed by atoms with Crippen LogP contribution in [-0.4, -0.2) is 55.7 Å². The number of aliphatic hydroxyl groups is 1. The highest BCUT2D eigenvalue weighted by Gasteiger charge is 2.30. The van der Waals surface area contributed by atoms with Gasteiger partial charge < -0.3 is 15.7 Å². The Bertz CT molecular complexity index is 476. The summed E-state index contributed by atoms with van der Waals surface area (Å²) >= 11 is 0. The largest absolute Gasteiger partial charge is 0.388 e. The van der Waals surface area contributed by atoms with Crippen LogP contribution in [0.5, 0.6) is 0 Å². The van der Waals surface area contributed by atoms with Crippen molar-refractivity contribution in [1.82, 2.24) is 10.6 Å². The highest BCUT2D eigenvalue weighted by Crippen LogP contribution is 2.28. The SMILES string of the molecule is CCNC(=NCC1(O)CCCCC1)NC1CCS(=O)(=O)C1.I. The number of nitrogens with zero attached hydrogens (tertiary/aromatic N) is 1. The first kappa shape index (κ1) is 20.0. The molecular weight excluding hydrogens is 417 g/mol. The molecule has 2 fully saturated rings. The van der Waals surface area contributed by atoms with E-state index in [1.54, 1.807) is 0 Å². The van der Waals surface area contributed by atoms with Crippen molar-refractivity contribution < 1.29 is 13.5 Å². The molecule has 130 valence electrons. The normalized spacial score (nSPS) is 27.0. The number of aliphatic imine (C=N–C) groups is 1. The van der Waals surface area contributed by atoms with Gasteiger partial charge in [-0.1, -0.05) is 19.3 Å². The Morgan fingerprint density at radius 2 is 2.00 bits per heavy atom. The summed E-state index contributed by atoms with van der Waals surface area (Å²) in [7, 11) is -2.90. The molecule has 2 rings (SSSR count). The molecule has 3 N–H and O–H groups in total. The van der Waals surface area contributed by atoms with Crippen LogP contribution in [0.15, 0.2) is 4.99 Å². The smallest absolute Gasteiger partial charge is 0.191 e. The van der Waals surface area contributed by atoms with Crippen LogP contribution in [-0.2, 0) is 9.84 Å². The lowest BCUT2D eigenvalue weighted by Gasteiger charge is -2.30. The van der Waals surface area contributed by atoms with Crippen molar-refractivity contribution >= 4 is 39.8 Å². The maximum atomic E-state index is 11.5. The lowest BCUT2D eigenvalue weighted by molar-refractivity contribution is 0.0131. The van der Waals surface area contributed by atoms with Crippen molar-refractivity contribution in [2.75, 3.05) is 24.6 Å². The van der Waals surface area contributed by atoms with Gasteiger partial charge in [0, 0.05) is 12.6 Å². The van der Waals surface area contributed by atoms with Gasteiger partial charge in [-0.25, -0.2) is 8.42 Å². The summed E-state index contributed by atoms with van der Waals surface area (Å²) in [6.07, 6.45) is 5.51. The number of sulfone groups is 1. The second-order valence-electron chi connectivity index (χ2n) is 6.22. The summed E-state index contributed by atoms with van der Waals surface area (Å²) < 4.78 is 23.0. The van der Waals surface area contributed by atoms with Crippen molar-refractivity contribution in [3.8, 4) is 0 Å². The Morgan fingerprint density at radius 3 is 2.55 bits per heavy atom. The van der Waals surface area contributed by atoms with E-state index in [4.69, 9.17) is 0 Å². The van der Waals surface area contributed by atoms with Gasteiger partial charge in [0.2, 0.25) is 0 Å². The molecule has 0 radical (unpaired) electrons. The maximum absolute atomic E-state index is 11.5. The van der Waals surface area contributed by atoms with Crippen LogP contribution in [0.2, 0.25) is 0 Å². The molecule has 8 heteroatoms. The van der Waals surface area contributed by atoms with Crippen LogP contribution >= 0.6 is 24.0 Å². The standard InChI is InChI=1S/C14H27N3O3S.HI/c1-2-15-13(17-12-6-9-21(19,20)10-12)16-11-14(18)7-4-3-5-8-14;/h12,18H,2-11H2,1H3,(H2,15,16,17);1H. The molecule has 1 unspecified atom stereocenters. The van der Waals surface area contributed by atoms with E-state index in [9.17, 15) is 13.5 Å². The summed E-state index contributed by atoms with van der Waals surface area (Å²) in [6, 6.07) is -0.0752. The predicted molar refractivity (Wildman–Crippen MR) is 99.6 cm³/mol. The molecule has 2 aliphatic rings. The molecule has 22 heavy (non-hydrogen) atoms. The van der Waals surface area contributed by atoms with Crippen LogP contribution in [0.25, 0.3) is 0 Å². The number of guanidine groups is 1. The van der Waals surface area contributed by atoms with Crippen LogP contribution in [0, 0.1) is 0 Å². The van der Waals surface area contributed by atoms with E-state index in [0.29, 0.717) is 25.5 Å². The van der Waals surface area contributed by atoms with E-state index in [1.807, 2.05) is 6.92 Å². The molecule has 1 heterocycles. The fourth-order valence-electron chi connectivity index (χ4n) is 3.02. The zero-order valence-corrected chi connectivity index (χ0v) is 16.3. The third kappa shape index (κ3) is 6.19. The van der Waals surface area contributed by atoms with E-state index >= 15 is 0 Å². The van der Waals surface area contributed by atoms with Gasteiger partial charge in [0.15, 0.2) is 15.8 Å². The van der Waals surface area contributed by atoms with Crippen molar-refractivity contribution in [1.29, 1.82) is 0 Å². The van der Waals surface area contributed by atoms with Crippen molar-refractivity contribution in [3.63, 3.8) is 0 Å². The van der Waals surface area contributed by atoms with Gasteiger partial charge in [-0.05, 0) is 26.2 Å². The van der Waals surface area contributed by atoms with Crippen LogP contribution in [0.3, 0.4) is 0 Å².